The SMILES string of the molecule is C=CC(=O)NC[C@H](c1c(F)cccc1F)N1C[C@@H](C)O[C@@H](C)C1. The summed E-state index contributed by atoms with van der Waals surface area (Å²) in [6, 6.07) is 3.19. The first-order chi connectivity index (χ1) is 10.9. The van der Waals surface area contributed by atoms with E-state index in [2.05, 4.69) is 11.9 Å². The van der Waals surface area contributed by atoms with Crippen LogP contribution in [0.5, 0.6) is 0 Å². The van der Waals surface area contributed by atoms with Crippen LogP contribution in [0.3, 0.4) is 0 Å². The number of carbonyl (C=O) groups excluding carboxylic acids is 1. The van der Waals surface area contributed by atoms with Crippen molar-refractivity contribution in [1.29, 1.82) is 0 Å². The van der Waals surface area contributed by atoms with Gasteiger partial charge in [-0.2, -0.15) is 0 Å². The molecule has 1 heterocycles. The zero-order valence-electron chi connectivity index (χ0n) is 13.4. The first-order valence-electron chi connectivity index (χ1n) is 7.66. The molecule has 0 spiro atoms. The summed E-state index contributed by atoms with van der Waals surface area (Å²) in [6.07, 6.45) is 1.04. The topological polar surface area (TPSA) is 41.6 Å². The van der Waals surface area contributed by atoms with Gasteiger partial charge in [-0.3, -0.25) is 9.69 Å². The molecule has 0 bridgehead atoms. The lowest BCUT2D eigenvalue weighted by Crippen LogP contribution is -2.49. The second-order valence-corrected chi connectivity index (χ2v) is 5.81. The summed E-state index contributed by atoms with van der Waals surface area (Å²) >= 11 is 0. The van der Waals surface area contributed by atoms with Gasteiger partial charge in [-0.1, -0.05) is 12.6 Å². The summed E-state index contributed by atoms with van der Waals surface area (Å²) in [5, 5.41) is 2.64. The first kappa shape index (κ1) is 17.6. The van der Waals surface area contributed by atoms with Crippen molar-refractivity contribution in [3.05, 3.63) is 48.1 Å². The van der Waals surface area contributed by atoms with E-state index in [0.717, 1.165) is 6.08 Å². The van der Waals surface area contributed by atoms with Crippen LogP contribution in [0.25, 0.3) is 0 Å². The number of ether oxygens (including phenoxy) is 1. The minimum atomic E-state index is -0.616. The number of amides is 1. The molecule has 3 atom stereocenters. The Balaban J connectivity index is 2.31. The quantitative estimate of drug-likeness (QED) is 0.846. The van der Waals surface area contributed by atoms with Crippen LogP contribution in [0.1, 0.15) is 25.5 Å². The van der Waals surface area contributed by atoms with E-state index < -0.39 is 17.7 Å². The van der Waals surface area contributed by atoms with Crippen LogP contribution in [0.15, 0.2) is 30.9 Å². The fourth-order valence-corrected chi connectivity index (χ4v) is 2.98. The van der Waals surface area contributed by atoms with E-state index >= 15 is 0 Å². The molecular weight excluding hydrogens is 302 g/mol. The summed E-state index contributed by atoms with van der Waals surface area (Å²) < 4.78 is 34.1. The van der Waals surface area contributed by atoms with Crippen molar-refractivity contribution in [2.24, 2.45) is 0 Å². The number of nitrogens with zero attached hydrogens (tertiary/aromatic N) is 1. The van der Waals surface area contributed by atoms with E-state index in [1.807, 2.05) is 18.7 Å². The monoisotopic (exact) mass is 324 g/mol. The van der Waals surface area contributed by atoms with E-state index in [1.54, 1.807) is 0 Å². The molecule has 126 valence electrons. The zero-order chi connectivity index (χ0) is 17.0. The van der Waals surface area contributed by atoms with E-state index in [-0.39, 0.29) is 30.2 Å². The summed E-state index contributed by atoms with van der Waals surface area (Å²) in [6.45, 7) is 8.39. The number of morpholine rings is 1. The Labute approximate surface area is 135 Å². The highest BCUT2D eigenvalue weighted by Crippen LogP contribution is 2.28. The van der Waals surface area contributed by atoms with Gasteiger partial charge in [-0.25, -0.2) is 8.78 Å². The number of halogens is 2. The van der Waals surface area contributed by atoms with Crippen LogP contribution in [-0.4, -0.2) is 42.6 Å². The predicted molar refractivity (Wildman–Crippen MR) is 83.9 cm³/mol. The fraction of sp³-hybridized carbons (Fsp3) is 0.471. The van der Waals surface area contributed by atoms with Gasteiger partial charge in [0.05, 0.1) is 18.2 Å². The van der Waals surface area contributed by atoms with E-state index in [0.29, 0.717) is 13.1 Å². The number of hydrogen-bond donors (Lipinski definition) is 1. The molecule has 1 fully saturated rings. The number of hydrogen-bond acceptors (Lipinski definition) is 3. The van der Waals surface area contributed by atoms with Crippen molar-refractivity contribution in [2.45, 2.75) is 32.1 Å². The van der Waals surface area contributed by atoms with Crippen LogP contribution < -0.4 is 5.32 Å². The maximum Gasteiger partial charge on any atom is 0.243 e. The normalized spacial score (nSPS) is 23.3. The van der Waals surface area contributed by atoms with E-state index in [1.165, 1.54) is 18.2 Å². The largest absolute Gasteiger partial charge is 0.373 e. The van der Waals surface area contributed by atoms with Crippen LogP contribution in [0, 0.1) is 11.6 Å². The molecule has 4 nitrogen and oxygen atoms in total. The van der Waals surface area contributed by atoms with Gasteiger partial charge in [0.1, 0.15) is 11.6 Å². The van der Waals surface area contributed by atoms with Crippen LogP contribution in [0.4, 0.5) is 8.78 Å². The van der Waals surface area contributed by atoms with E-state index in [9.17, 15) is 13.6 Å². The second-order valence-electron chi connectivity index (χ2n) is 5.81. The summed E-state index contributed by atoms with van der Waals surface area (Å²) in [5.74, 6) is -1.61. The molecule has 6 heteroatoms. The van der Waals surface area contributed by atoms with Gasteiger partial charge < -0.3 is 10.1 Å². The summed E-state index contributed by atoms with van der Waals surface area (Å²) in [7, 11) is 0. The van der Waals surface area contributed by atoms with Crippen molar-refractivity contribution in [1.82, 2.24) is 10.2 Å². The van der Waals surface area contributed by atoms with Crippen LogP contribution >= 0.6 is 0 Å². The molecule has 1 aromatic rings. The van der Waals surface area contributed by atoms with Crippen molar-refractivity contribution in [2.75, 3.05) is 19.6 Å². The molecule has 0 radical (unpaired) electrons. The molecular formula is C17H22F2N2O2. The van der Waals surface area contributed by atoms with Crippen molar-refractivity contribution in [3.63, 3.8) is 0 Å². The highest BCUT2D eigenvalue weighted by Gasteiger charge is 2.32. The number of benzene rings is 1. The Bertz CT molecular complexity index is 549. The molecule has 0 unspecified atom stereocenters. The first-order valence-corrected chi connectivity index (χ1v) is 7.66. The number of rotatable bonds is 5. The van der Waals surface area contributed by atoms with Crippen molar-refractivity contribution in [3.8, 4) is 0 Å². The minimum absolute atomic E-state index is 0.0295. The Morgan fingerprint density at radius 1 is 1.39 bits per heavy atom. The molecule has 1 aliphatic rings. The summed E-state index contributed by atoms with van der Waals surface area (Å²) in [4.78, 5) is 13.4. The lowest BCUT2D eigenvalue weighted by molar-refractivity contribution is -0.117. The standard InChI is InChI=1S/C17H22F2N2O2/c1-4-16(22)20-8-15(17-13(18)6-5-7-14(17)19)21-9-11(2)23-12(3)10-21/h4-7,11-12,15H,1,8-10H2,2-3H3,(H,20,22)/t11-,12+,15-/m1/s1. The maximum absolute atomic E-state index is 14.2. The number of nitrogens with one attached hydrogen (secondary N) is 1. The van der Waals surface area contributed by atoms with Gasteiger partial charge in [0.15, 0.2) is 0 Å². The molecule has 0 saturated carbocycles. The van der Waals surface area contributed by atoms with Gasteiger partial charge >= 0.3 is 0 Å². The molecule has 1 aromatic carbocycles. The fourth-order valence-electron chi connectivity index (χ4n) is 2.98. The third-order valence-corrected chi connectivity index (χ3v) is 3.88. The van der Waals surface area contributed by atoms with Crippen molar-refractivity contribution >= 4 is 5.91 Å². The molecule has 1 aliphatic heterocycles. The molecule has 1 N–H and O–H groups in total. The molecule has 23 heavy (non-hydrogen) atoms. The predicted octanol–water partition coefficient (Wildman–Crippen LogP) is 2.42. The smallest absolute Gasteiger partial charge is 0.243 e. The highest BCUT2D eigenvalue weighted by molar-refractivity contribution is 5.86. The van der Waals surface area contributed by atoms with Gasteiger partial charge in [-0.05, 0) is 32.1 Å². The third-order valence-electron chi connectivity index (χ3n) is 3.88. The molecule has 2 rings (SSSR count). The van der Waals surface area contributed by atoms with Crippen LogP contribution in [-0.2, 0) is 9.53 Å². The number of carbonyl (C=O) groups is 1. The van der Waals surface area contributed by atoms with Crippen LogP contribution in [0.2, 0.25) is 0 Å². The Kier molecular flexibility index (Phi) is 5.85. The molecule has 1 amide bonds. The summed E-state index contributed by atoms with van der Waals surface area (Å²) in [5.41, 5.74) is -0.0295. The molecule has 0 aliphatic carbocycles. The highest BCUT2D eigenvalue weighted by atomic mass is 19.1. The third kappa shape index (κ3) is 4.36. The average Bonchev–Trinajstić information content (AvgIpc) is 2.48. The Morgan fingerprint density at radius 3 is 2.48 bits per heavy atom. The zero-order valence-corrected chi connectivity index (χ0v) is 13.4. The Hall–Kier alpha value is -1.79. The van der Waals surface area contributed by atoms with Gasteiger partial charge in [0.25, 0.3) is 0 Å². The minimum Gasteiger partial charge on any atom is -0.373 e. The van der Waals surface area contributed by atoms with Gasteiger partial charge in [0, 0.05) is 25.2 Å². The lowest BCUT2D eigenvalue weighted by Gasteiger charge is -2.40. The molecule has 0 aromatic heterocycles. The van der Waals surface area contributed by atoms with Gasteiger partial charge in [-0.15, -0.1) is 0 Å². The maximum atomic E-state index is 14.2. The van der Waals surface area contributed by atoms with Gasteiger partial charge in [0.2, 0.25) is 5.91 Å². The van der Waals surface area contributed by atoms with E-state index in [4.69, 9.17) is 4.74 Å². The Morgan fingerprint density at radius 2 is 1.96 bits per heavy atom. The second kappa shape index (κ2) is 7.66. The lowest BCUT2D eigenvalue weighted by atomic mass is 10.0. The molecule has 1 saturated heterocycles. The average molecular weight is 324 g/mol. The van der Waals surface area contributed by atoms with Crippen molar-refractivity contribution < 1.29 is 18.3 Å².